The third kappa shape index (κ3) is 3.75. The average molecular weight is 372 g/mol. The topological polar surface area (TPSA) is 66.5 Å². The number of fused-ring (bicyclic) bond motifs is 1. The molecule has 2 aromatic rings. The maximum absolute atomic E-state index is 12.5. The quantitative estimate of drug-likeness (QED) is 0.896. The van der Waals surface area contributed by atoms with Crippen LogP contribution in [0.3, 0.4) is 0 Å². The second-order valence-electron chi connectivity index (χ2n) is 7.71. The number of carbonyl (C=O) groups is 1. The summed E-state index contributed by atoms with van der Waals surface area (Å²) in [5.74, 6) is -0.214. The maximum atomic E-state index is 12.5. The molecule has 0 atom stereocenters. The summed E-state index contributed by atoms with van der Waals surface area (Å²) < 4.78 is 25.2. The van der Waals surface area contributed by atoms with Crippen LogP contribution in [0.15, 0.2) is 42.5 Å². The maximum Gasteiger partial charge on any atom is 0.255 e. The van der Waals surface area contributed by atoms with E-state index in [1.165, 1.54) is 10.6 Å². The van der Waals surface area contributed by atoms with Crippen molar-refractivity contribution in [3.8, 4) is 0 Å². The number of anilines is 2. The Morgan fingerprint density at radius 3 is 2.31 bits per heavy atom. The Hall–Kier alpha value is -2.34. The van der Waals surface area contributed by atoms with Crippen LogP contribution in [0.25, 0.3) is 0 Å². The van der Waals surface area contributed by atoms with Crippen molar-refractivity contribution in [2.24, 2.45) is 0 Å². The summed E-state index contributed by atoms with van der Waals surface area (Å²) in [6, 6.07) is 13.0. The predicted octanol–water partition coefficient (Wildman–Crippen LogP) is 3.56. The summed E-state index contributed by atoms with van der Waals surface area (Å²) in [7, 11) is -3.31. The molecule has 1 aliphatic heterocycles. The number of nitrogens with one attached hydrogen (secondary N) is 1. The van der Waals surface area contributed by atoms with E-state index in [0.29, 0.717) is 29.9 Å². The lowest BCUT2D eigenvalue weighted by molar-refractivity contribution is 0.102. The molecule has 0 spiro atoms. The van der Waals surface area contributed by atoms with Crippen LogP contribution in [0, 0.1) is 0 Å². The van der Waals surface area contributed by atoms with Crippen molar-refractivity contribution in [1.29, 1.82) is 0 Å². The number of rotatable bonds is 3. The van der Waals surface area contributed by atoms with Gasteiger partial charge in [-0.05, 0) is 47.2 Å². The lowest BCUT2D eigenvalue weighted by atomic mass is 9.87. The Balaban J connectivity index is 1.81. The Morgan fingerprint density at radius 2 is 1.73 bits per heavy atom. The molecule has 5 nitrogen and oxygen atoms in total. The van der Waals surface area contributed by atoms with E-state index in [-0.39, 0.29) is 11.3 Å². The molecule has 138 valence electrons. The van der Waals surface area contributed by atoms with Crippen molar-refractivity contribution >= 4 is 27.3 Å². The summed E-state index contributed by atoms with van der Waals surface area (Å²) in [5.41, 5.74) is 3.97. The van der Waals surface area contributed by atoms with E-state index in [0.717, 1.165) is 11.1 Å². The molecule has 26 heavy (non-hydrogen) atoms. The first kappa shape index (κ1) is 18.5. The lowest BCUT2D eigenvalue weighted by Gasteiger charge is -2.19. The number of benzene rings is 2. The smallest absolute Gasteiger partial charge is 0.255 e. The summed E-state index contributed by atoms with van der Waals surface area (Å²) >= 11 is 0. The molecule has 0 saturated carbocycles. The summed E-state index contributed by atoms with van der Waals surface area (Å²) in [6.45, 7) is 6.82. The molecule has 1 heterocycles. The molecule has 1 N–H and O–H groups in total. The van der Waals surface area contributed by atoms with E-state index in [9.17, 15) is 13.2 Å². The van der Waals surface area contributed by atoms with E-state index in [1.807, 2.05) is 36.4 Å². The molecule has 0 aliphatic carbocycles. The zero-order chi connectivity index (χ0) is 19.1. The molecule has 3 rings (SSSR count). The van der Waals surface area contributed by atoms with Crippen LogP contribution in [0.5, 0.6) is 0 Å². The van der Waals surface area contributed by atoms with Crippen molar-refractivity contribution in [3.63, 3.8) is 0 Å². The Bertz CT molecular complexity index is 942. The largest absolute Gasteiger partial charge is 0.322 e. The number of nitrogens with zero attached hydrogens (tertiary/aromatic N) is 1. The van der Waals surface area contributed by atoms with Crippen LogP contribution in [-0.2, 0) is 21.9 Å². The monoisotopic (exact) mass is 372 g/mol. The second kappa shape index (κ2) is 6.43. The van der Waals surface area contributed by atoms with Gasteiger partial charge >= 0.3 is 0 Å². The molecule has 2 aromatic carbocycles. The molecule has 1 aliphatic rings. The standard InChI is InChI=1S/C20H24N2O3S/c1-20(2,3)16-8-5-15(6-9-16)19(23)21-17-10-7-14-11-12-22(18(14)13-17)26(4,24)25/h5-10,13H,11-12H2,1-4H3,(H,21,23). The van der Waals surface area contributed by atoms with E-state index in [1.54, 1.807) is 6.07 Å². The van der Waals surface area contributed by atoms with E-state index in [4.69, 9.17) is 0 Å². The summed E-state index contributed by atoms with van der Waals surface area (Å²) in [6.07, 6.45) is 1.88. The molecule has 0 aromatic heterocycles. The first-order valence-electron chi connectivity index (χ1n) is 8.58. The zero-order valence-corrected chi connectivity index (χ0v) is 16.4. The van der Waals surface area contributed by atoms with Crippen molar-refractivity contribution in [2.45, 2.75) is 32.6 Å². The molecule has 0 fully saturated rings. The molecule has 1 amide bonds. The van der Waals surface area contributed by atoms with Gasteiger partial charge in [0.2, 0.25) is 10.0 Å². The number of sulfonamides is 1. The number of hydrogen-bond donors (Lipinski definition) is 1. The fourth-order valence-corrected chi connectivity index (χ4v) is 4.05. The fraction of sp³-hybridized carbons (Fsp3) is 0.350. The van der Waals surface area contributed by atoms with Gasteiger partial charge in [-0.15, -0.1) is 0 Å². The van der Waals surface area contributed by atoms with Crippen molar-refractivity contribution in [3.05, 3.63) is 59.2 Å². The second-order valence-corrected chi connectivity index (χ2v) is 9.62. The third-order valence-electron chi connectivity index (χ3n) is 4.61. The number of carbonyl (C=O) groups excluding carboxylic acids is 1. The predicted molar refractivity (Wildman–Crippen MR) is 105 cm³/mol. The Labute approximate surface area is 155 Å². The highest BCUT2D eigenvalue weighted by Crippen LogP contribution is 2.32. The number of amides is 1. The van der Waals surface area contributed by atoms with Gasteiger partial charge in [-0.2, -0.15) is 0 Å². The first-order chi connectivity index (χ1) is 12.1. The van der Waals surface area contributed by atoms with Crippen LogP contribution >= 0.6 is 0 Å². The Morgan fingerprint density at radius 1 is 1.08 bits per heavy atom. The van der Waals surface area contributed by atoms with E-state index >= 15 is 0 Å². The molecular formula is C20H24N2O3S. The summed E-state index contributed by atoms with van der Waals surface area (Å²) in [5, 5.41) is 2.86. The van der Waals surface area contributed by atoms with Crippen LogP contribution in [-0.4, -0.2) is 27.1 Å². The third-order valence-corrected chi connectivity index (χ3v) is 5.79. The highest BCUT2D eigenvalue weighted by atomic mass is 32.2. The summed E-state index contributed by atoms with van der Waals surface area (Å²) in [4.78, 5) is 12.5. The SMILES string of the molecule is CC(C)(C)c1ccc(C(=O)Nc2ccc3c(c2)N(S(C)(=O)=O)CC3)cc1. The van der Waals surface area contributed by atoms with Crippen LogP contribution in [0.1, 0.15) is 42.3 Å². The molecular weight excluding hydrogens is 348 g/mol. The van der Waals surface area contributed by atoms with Crippen molar-refractivity contribution < 1.29 is 13.2 Å². The lowest BCUT2D eigenvalue weighted by Crippen LogP contribution is -2.27. The van der Waals surface area contributed by atoms with Gasteiger partial charge in [-0.25, -0.2) is 8.42 Å². The molecule has 6 heteroatoms. The van der Waals surface area contributed by atoms with Gasteiger partial charge in [-0.1, -0.05) is 39.0 Å². The minimum Gasteiger partial charge on any atom is -0.322 e. The number of hydrogen-bond acceptors (Lipinski definition) is 3. The molecule has 0 saturated heterocycles. The first-order valence-corrected chi connectivity index (χ1v) is 10.4. The zero-order valence-electron chi connectivity index (χ0n) is 15.5. The van der Waals surface area contributed by atoms with Crippen LogP contribution in [0.2, 0.25) is 0 Å². The van der Waals surface area contributed by atoms with Gasteiger partial charge in [-0.3, -0.25) is 9.10 Å². The van der Waals surface area contributed by atoms with Crippen molar-refractivity contribution in [1.82, 2.24) is 0 Å². The van der Waals surface area contributed by atoms with Crippen molar-refractivity contribution in [2.75, 3.05) is 22.4 Å². The highest BCUT2D eigenvalue weighted by molar-refractivity contribution is 7.92. The molecule has 0 radical (unpaired) electrons. The molecule has 0 bridgehead atoms. The normalized spacial score (nSPS) is 14.2. The molecule has 0 unspecified atom stereocenters. The van der Waals surface area contributed by atoms with Crippen LogP contribution in [0.4, 0.5) is 11.4 Å². The highest BCUT2D eigenvalue weighted by Gasteiger charge is 2.26. The minimum atomic E-state index is -3.31. The minimum absolute atomic E-state index is 0.0318. The van der Waals surface area contributed by atoms with Gasteiger partial charge < -0.3 is 5.32 Å². The Kier molecular flexibility index (Phi) is 4.56. The van der Waals surface area contributed by atoms with E-state index < -0.39 is 10.0 Å². The van der Waals surface area contributed by atoms with Crippen LogP contribution < -0.4 is 9.62 Å². The average Bonchev–Trinajstić information content (AvgIpc) is 2.97. The van der Waals surface area contributed by atoms with Gasteiger partial charge in [0.15, 0.2) is 0 Å². The fourth-order valence-electron chi connectivity index (χ4n) is 3.10. The van der Waals surface area contributed by atoms with Gasteiger partial charge in [0.1, 0.15) is 0 Å². The van der Waals surface area contributed by atoms with Gasteiger partial charge in [0.25, 0.3) is 5.91 Å². The van der Waals surface area contributed by atoms with Gasteiger partial charge in [0, 0.05) is 17.8 Å². The van der Waals surface area contributed by atoms with E-state index in [2.05, 4.69) is 26.1 Å². The van der Waals surface area contributed by atoms with Gasteiger partial charge in [0.05, 0.1) is 11.9 Å².